The second-order valence-corrected chi connectivity index (χ2v) is 8.98. The van der Waals surface area contributed by atoms with Gasteiger partial charge in [-0.2, -0.15) is 0 Å². The van der Waals surface area contributed by atoms with Crippen LogP contribution in [0.5, 0.6) is 11.5 Å². The average molecular weight is 394 g/mol. The predicted molar refractivity (Wildman–Crippen MR) is 92.8 cm³/mol. The van der Waals surface area contributed by atoms with Crippen molar-refractivity contribution in [1.82, 2.24) is 0 Å². The van der Waals surface area contributed by atoms with Crippen LogP contribution in [0, 0.1) is 0 Å². The van der Waals surface area contributed by atoms with Crippen LogP contribution in [0.2, 0.25) is 0 Å². The summed E-state index contributed by atoms with van der Waals surface area (Å²) >= 11 is 0. The highest BCUT2D eigenvalue weighted by atomic mass is 31.2. The highest BCUT2D eigenvalue weighted by Gasteiger charge is 2.52. The summed E-state index contributed by atoms with van der Waals surface area (Å²) < 4.78 is 51.4. The third-order valence-corrected chi connectivity index (χ3v) is 7.24. The van der Waals surface area contributed by atoms with E-state index in [4.69, 9.17) is 32.1 Å². The molecule has 25 heavy (non-hydrogen) atoms. The molecule has 1 aromatic rings. The fourth-order valence-electron chi connectivity index (χ4n) is 2.15. The third kappa shape index (κ3) is 4.72. The van der Waals surface area contributed by atoms with E-state index in [0.717, 1.165) is 0 Å². The standard InChI is InChI=1S/C15H24O8P2/c1-6-19-12(2)20-11-15(3,25(16,17-4)18-5)23-24-21-13-9-7-8-10-14(13)22-24/h7-10,12H,6,11H2,1-5H3. The van der Waals surface area contributed by atoms with Crippen LogP contribution in [-0.4, -0.2) is 39.1 Å². The summed E-state index contributed by atoms with van der Waals surface area (Å²) in [5, 5.41) is -1.45. The zero-order valence-corrected chi connectivity index (χ0v) is 16.8. The maximum absolute atomic E-state index is 13.0. The molecule has 8 nitrogen and oxygen atoms in total. The summed E-state index contributed by atoms with van der Waals surface area (Å²) in [6.45, 7) is 5.54. The Morgan fingerprint density at radius 1 is 1.16 bits per heavy atom. The van der Waals surface area contributed by atoms with Crippen LogP contribution in [0.3, 0.4) is 0 Å². The van der Waals surface area contributed by atoms with Crippen molar-refractivity contribution in [3.8, 4) is 11.5 Å². The molecule has 0 amide bonds. The molecular weight excluding hydrogens is 370 g/mol. The molecule has 142 valence electrons. The fraction of sp³-hybridized carbons (Fsp3) is 0.600. The highest BCUT2D eigenvalue weighted by molar-refractivity contribution is 7.56. The first-order chi connectivity index (χ1) is 11.9. The largest absolute Gasteiger partial charge is 0.464 e. The van der Waals surface area contributed by atoms with Gasteiger partial charge in [0.1, 0.15) is 0 Å². The molecule has 0 radical (unpaired) electrons. The minimum atomic E-state index is -3.67. The Morgan fingerprint density at radius 2 is 1.72 bits per heavy atom. The van der Waals surface area contributed by atoms with E-state index < -0.39 is 27.8 Å². The molecule has 0 aromatic heterocycles. The molecule has 0 aliphatic carbocycles. The van der Waals surface area contributed by atoms with Gasteiger partial charge in [0.25, 0.3) is 0 Å². The summed E-state index contributed by atoms with van der Waals surface area (Å²) in [4.78, 5) is 0. The minimum absolute atomic E-state index is 0.102. The first-order valence-corrected chi connectivity index (χ1v) is 10.4. The van der Waals surface area contributed by atoms with E-state index in [1.54, 1.807) is 26.0 Å². The number of fused-ring (bicyclic) bond motifs is 1. The number of hydrogen-bond acceptors (Lipinski definition) is 8. The first kappa shape index (κ1) is 20.6. The van der Waals surface area contributed by atoms with Crippen LogP contribution >= 0.6 is 16.2 Å². The minimum Gasteiger partial charge on any atom is -0.414 e. The summed E-state index contributed by atoms with van der Waals surface area (Å²) in [6, 6.07) is 7.17. The number of rotatable bonds is 10. The van der Waals surface area contributed by atoms with Crippen LogP contribution in [0.25, 0.3) is 0 Å². The van der Waals surface area contributed by atoms with E-state index in [2.05, 4.69) is 0 Å². The molecule has 2 unspecified atom stereocenters. The monoisotopic (exact) mass is 394 g/mol. The van der Waals surface area contributed by atoms with Crippen molar-refractivity contribution >= 4 is 16.2 Å². The SMILES string of the molecule is CCOC(C)OCC(C)(OP1Oc2ccccc2O1)P(=O)(OC)OC. The Morgan fingerprint density at radius 3 is 2.20 bits per heavy atom. The molecule has 10 heteroatoms. The Labute approximate surface area is 149 Å². The van der Waals surface area contributed by atoms with E-state index in [0.29, 0.717) is 18.1 Å². The zero-order chi connectivity index (χ0) is 18.5. The number of para-hydroxylation sites is 2. The molecule has 0 saturated carbocycles. The topological polar surface area (TPSA) is 81.7 Å². The van der Waals surface area contributed by atoms with Gasteiger partial charge in [-0.15, -0.1) is 0 Å². The van der Waals surface area contributed by atoms with Crippen molar-refractivity contribution in [3.63, 3.8) is 0 Å². The van der Waals surface area contributed by atoms with Crippen LogP contribution < -0.4 is 9.05 Å². The number of hydrogen-bond donors (Lipinski definition) is 0. The second-order valence-electron chi connectivity index (χ2n) is 5.32. The molecule has 0 bridgehead atoms. The normalized spacial score (nSPS) is 18.1. The Bertz CT molecular complexity index is 580. The molecule has 0 saturated heterocycles. The van der Waals surface area contributed by atoms with Gasteiger partial charge >= 0.3 is 16.2 Å². The van der Waals surface area contributed by atoms with E-state index in [9.17, 15) is 4.57 Å². The van der Waals surface area contributed by atoms with E-state index in [-0.39, 0.29) is 6.61 Å². The zero-order valence-electron chi connectivity index (χ0n) is 15.0. The van der Waals surface area contributed by atoms with Gasteiger partial charge in [-0.25, -0.2) is 0 Å². The van der Waals surface area contributed by atoms with Gasteiger partial charge in [-0.3, -0.25) is 9.09 Å². The van der Waals surface area contributed by atoms with Crippen LogP contribution in [0.1, 0.15) is 20.8 Å². The Balaban J connectivity index is 2.13. The maximum Gasteiger partial charge on any atom is 0.464 e. The number of benzene rings is 1. The highest BCUT2D eigenvalue weighted by Crippen LogP contribution is 2.65. The number of ether oxygens (including phenoxy) is 2. The molecule has 0 spiro atoms. The van der Waals surface area contributed by atoms with Crippen molar-refractivity contribution in [2.75, 3.05) is 27.4 Å². The molecule has 2 rings (SSSR count). The lowest BCUT2D eigenvalue weighted by atomic mass is 10.3. The first-order valence-electron chi connectivity index (χ1n) is 7.76. The van der Waals surface area contributed by atoms with Gasteiger partial charge in [0.15, 0.2) is 17.8 Å². The van der Waals surface area contributed by atoms with Gasteiger partial charge in [0, 0.05) is 20.8 Å². The molecule has 1 heterocycles. The van der Waals surface area contributed by atoms with Crippen molar-refractivity contribution in [2.45, 2.75) is 32.4 Å². The molecule has 1 aliphatic heterocycles. The molecular formula is C15H24O8P2. The van der Waals surface area contributed by atoms with Crippen LogP contribution in [0.4, 0.5) is 0 Å². The lowest BCUT2D eigenvalue weighted by Gasteiger charge is -2.34. The lowest BCUT2D eigenvalue weighted by Crippen LogP contribution is -2.36. The fourth-order valence-corrected chi connectivity index (χ4v) is 5.01. The van der Waals surface area contributed by atoms with Gasteiger partial charge in [0.2, 0.25) is 5.34 Å². The molecule has 1 aromatic carbocycles. The lowest BCUT2D eigenvalue weighted by molar-refractivity contribution is -0.147. The van der Waals surface area contributed by atoms with E-state index in [1.807, 2.05) is 19.1 Å². The predicted octanol–water partition coefficient (Wildman–Crippen LogP) is 4.30. The van der Waals surface area contributed by atoms with Gasteiger partial charge < -0.3 is 27.6 Å². The van der Waals surface area contributed by atoms with Gasteiger partial charge in [-0.1, -0.05) is 12.1 Å². The maximum atomic E-state index is 13.0. The summed E-state index contributed by atoms with van der Waals surface area (Å²) in [5.74, 6) is 1.12. The Kier molecular flexibility index (Phi) is 7.23. The van der Waals surface area contributed by atoms with Crippen LogP contribution in [0.15, 0.2) is 24.3 Å². The summed E-state index contributed by atoms with van der Waals surface area (Å²) in [6.07, 6.45) is -0.509. The quantitative estimate of drug-likeness (QED) is 0.429. The molecule has 2 atom stereocenters. The molecule has 0 N–H and O–H groups in total. The van der Waals surface area contributed by atoms with Crippen molar-refractivity contribution < 1.29 is 36.7 Å². The third-order valence-electron chi connectivity index (χ3n) is 3.51. The van der Waals surface area contributed by atoms with Gasteiger partial charge in [-0.05, 0) is 32.9 Å². The average Bonchev–Trinajstić information content (AvgIpc) is 3.01. The Hall–Kier alpha value is -0.720. The smallest absolute Gasteiger partial charge is 0.414 e. The van der Waals surface area contributed by atoms with Crippen molar-refractivity contribution in [1.29, 1.82) is 0 Å². The van der Waals surface area contributed by atoms with Crippen molar-refractivity contribution in [2.24, 2.45) is 0 Å². The van der Waals surface area contributed by atoms with Gasteiger partial charge in [0.05, 0.1) is 6.61 Å². The van der Waals surface area contributed by atoms with E-state index in [1.165, 1.54) is 14.2 Å². The van der Waals surface area contributed by atoms with E-state index >= 15 is 0 Å². The molecule has 0 fully saturated rings. The van der Waals surface area contributed by atoms with Crippen molar-refractivity contribution in [3.05, 3.63) is 24.3 Å². The summed E-state index contributed by atoms with van der Waals surface area (Å²) in [5.41, 5.74) is 0. The van der Waals surface area contributed by atoms with Crippen LogP contribution in [-0.2, 0) is 27.6 Å². The molecule has 1 aliphatic rings. The summed E-state index contributed by atoms with van der Waals surface area (Å²) in [7, 11) is -2.92. The second kappa shape index (κ2) is 8.78.